The van der Waals surface area contributed by atoms with Crippen LogP contribution in [-0.4, -0.2) is 26.0 Å². The minimum absolute atomic E-state index is 0.586. The quantitative estimate of drug-likeness (QED) is 0.871. The van der Waals surface area contributed by atoms with E-state index in [4.69, 9.17) is 16.3 Å². The van der Waals surface area contributed by atoms with Crippen LogP contribution in [0.2, 0.25) is 5.02 Å². The van der Waals surface area contributed by atoms with Gasteiger partial charge in [0.1, 0.15) is 5.84 Å². The Kier molecular flexibility index (Phi) is 3.80. The number of hydrogen-bond acceptors (Lipinski definition) is 3. The fourth-order valence-corrected chi connectivity index (χ4v) is 2.00. The first-order valence-corrected chi connectivity index (χ1v) is 5.71. The number of halogens is 1. The Balaban J connectivity index is 2.18. The van der Waals surface area contributed by atoms with Crippen LogP contribution in [-0.2, 0) is 17.8 Å². The van der Waals surface area contributed by atoms with Crippen LogP contribution in [0.5, 0.6) is 0 Å². The van der Waals surface area contributed by atoms with Gasteiger partial charge in [0.25, 0.3) is 0 Å². The highest BCUT2D eigenvalue weighted by Gasteiger charge is 2.09. The van der Waals surface area contributed by atoms with Gasteiger partial charge in [-0.25, -0.2) is 0 Å². The summed E-state index contributed by atoms with van der Waals surface area (Å²) < 4.78 is 5.17. The monoisotopic (exact) mass is 238 g/mol. The second-order valence-corrected chi connectivity index (χ2v) is 4.21. The second kappa shape index (κ2) is 5.32. The number of methoxy groups -OCH3 is 1. The third kappa shape index (κ3) is 2.74. The van der Waals surface area contributed by atoms with E-state index in [9.17, 15) is 0 Å². The fraction of sp³-hybridized carbons (Fsp3) is 0.417. The fourth-order valence-electron chi connectivity index (χ4n) is 1.80. The lowest BCUT2D eigenvalue weighted by atomic mass is 10.0. The first-order valence-electron chi connectivity index (χ1n) is 5.33. The van der Waals surface area contributed by atoms with Crippen LogP contribution in [0.1, 0.15) is 11.1 Å². The summed E-state index contributed by atoms with van der Waals surface area (Å²) >= 11 is 5.97. The standard InChI is InChI=1S/C12H15ClN2O/c1-16-8-10-6-11(13)3-2-9(10)7-12-14-4-5-15-12/h2-3,6H,4-5,7-8H2,1H3,(H,14,15). The summed E-state index contributed by atoms with van der Waals surface area (Å²) in [5, 5.41) is 4.01. The topological polar surface area (TPSA) is 33.6 Å². The molecule has 0 atom stereocenters. The molecule has 4 heteroatoms. The molecule has 86 valence electrons. The van der Waals surface area contributed by atoms with E-state index in [1.807, 2.05) is 18.2 Å². The van der Waals surface area contributed by atoms with Gasteiger partial charge in [0.15, 0.2) is 0 Å². The number of hydrogen-bond donors (Lipinski definition) is 1. The molecule has 0 aromatic heterocycles. The molecule has 0 spiro atoms. The lowest BCUT2D eigenvalue weighted by Crippen LogP contribution is -2.21. The molecular weight excluding hydrogens is 224 g/mol. The molecule has 0 radical (unpaired) electrons. The predicted octanol–water partition coefficient (Wildman–Crippen LogP) is 2.03. The number of amidine groups is 1. The van der Waals surface area contributed by atoms with Crippen molar-refractivity contribution < 1.29 is 4.74 Å². The van der Waals surface area contributed by atoms with E-state index in [1.54, 1.807) is 7.11 Å². The van der Waals surface area contributed by atoms with E-state index in [2.05, 4.69) is 10.3 Å². The van der Waals surface area contributed by atoms with Crippen LogP contribution in [0.15, 0.2) is 23.2 Å². The number of rotatable bonds is 4. The van der Waals surface area contributed by atoms with E-state index in [0.717, 1.165) is 35.9 Å². The van der Waals surface area contributed by atoms with Gasteiger partial charge in [0, 0.05) is 25.1 Å². The van der Waals surface area contributed by atoms with Crippen molar-refractivity contribution in [2.24, 2.45) is 4.99 Å². The van der Waals surface area contributed by atoms with E-state index in [-0.39, 0.29) is 0 Å². The van der Waals surface area contributed by atoms with Gasteiger partial charge in [-0.3, -0.25) is 4.99 Å². The molecule has 1 aromatic rings. The number of ether oxygens (including phenoxy) is 1. The van der Waals surface area contributed by atoms with Crippen molar-refractivity contribution in [3.05, 3.63) is 34.3 Å². The lowest BCUT2D eigenvalue weighted by molar-refractivity contribution is 0.184. The van der Waals surface area contributed by atoms with Crippen LogP contribution in [0, 0.1) is 0 Å². The molecule has 0 fully saturated rings. The molecule has 0 saturated carbocycles. The Labute approximate surface area is 100 Å². The lowest BCUT2D eigenvalue weighted by Gasteiger charge is -2.09. The first kappa shape index (κ1) is 11.4. The third-order valence-corrected chi connectivity index (χ3v) is 2.80. The minimum atomic E-state index is 0.586. The Hall–Kier alpha value is -1.06. The summed E-state index contributed by atoms with van der Waals surface area (Å²) in [5.74, 6) is 1.06. The summed E-state index contributed by atoms with van der Waals surface area (Å²) in [7, 11) is 1.69. The molecule has 0 saturated heterocycles. The van der Waals surface area contributed by atoms with Crippen LogP contribution in [0.25, 0.3) is 0 Å². The normalized spacial score (nSPS) is 14.8. The minimum Gasteiger partial charge on any atom is -0.380 e. The molecule has 2 rings (SSSR count). The molecule has 1 aliphatic rings. The van der Waals surface area contributed by atoms with Crippen LogP contribution in [0.3, 0.4) is 0 Å². The number of nitrogens with one attached hydrogen (secondary N) is 1. The zero-order chi connectivity index (χ0) is 11.4. The molecule has 1 heterocycles. The van der Waals surface area contributed by atoms with Gasteiger partial charge < -0.3 is 10.1 Å². The molecule has 16 heavy (non-hydrogen) atoms. The highest BCUT2D eigenvalue weighted by Crippen LogP contribution is 2.18. The average Bonchev–Trinajstić information content (AvgIpc) is 2.75. The highest BCUT2D eigenvalue weighted by molar-refractivity contribution is 6.30. The van der Waals surface area contributed by atoms with Gasteiger partial charge in [-0.2, -0.15) is 0 Å². The maximum absolute atomic E-state index is 5.97. The van der Waals surface area contributed by atoms with E-state index in [1.165, 1.54) is 5.56 Å². The van der Waals surface area contributed by atoms with Crippen molar-refractivity contribution in [3.8, 4) is 0 Å². The SMILES string of the molecule is COCc1cc(Cl)ccc1CC1=NCCN1. The molecule has 3 nitrogen and oxygen atoms in total. The molecule has 0 amide bonds. The number of nitrogens with zero attached hydrogens (tertiary/aromatic N) is 1. The van der Waals surface area contributed by atoms with Crippen molar-refractivity contribution in [1.29, 1.82) is 0 Å². The van der Waals surface area contributed by atoms with Gasteiger partial charge >= 0.3 is 0 Å². The molecule has 1 aliphatic heterocycles. The van der Waals surface area contributed by atoms with Crippen molar-refractivity contribution in [1.82, 2.24) is 5.32 Å². The van der Waals surface area contributed by atoms with E-state index < -0.39 is 0 Å². The van der Waals surface area contributed by atoms with Gasteiger partial charge in [-0.1, -0.05) is 17.7 Å². The largest absolute Gasteiger partial charge is 0.380 e. The third-order valence-electron chi connectivity index (χ3n) is 2.57. The van der Waals surface area contributed by atoms with E-state index >= 15 is 0 Å². The molecule has 0 bridgehead atoms. The van der Waals surface area contributed by atoms with Crippen LogP contribution >= 0.6 is 11.6 Å². The van der Waals surface area contributed by atoms with Gasteiger partial charge in [0.05, 0.1) is 13.2 Å². The van der Waals surface area contributed by atoms with Gasteiger partial charge in [-0.05, 0) is 23.3 Å². The summed E-state index contributed by atoms with van der Waals surface area (Å²) in [6.07, 6.45) is 0.829. The molecule has 0 unspecified atom stereocenters. The van der Waals surface area contributed by atoms with Crippen molar-refractivity contribution >= 4 is 17.4 Å². The maximum Gasteiger partial charge on any atom is 0.101 e. The van der Waals surface area contributed by atoms with E-state index in [0.29, 0.717) is 6.61 Å². The Morgan fingerprint density at radius 3 is 3.00 bits per heavy atom. The van der Waals surface area contributed by atoms with Gasteiger partial charge in [-0.15, -0.1) is 0 Å². The molecule has 0 aliphatic carbocycles. The smallest absolute Gasteiger partial charge is 0.101 e. The Morgan fingerprint density at radius 2 is 2.31 bits per heavy atom. The number of benzene rings is 1. The maximum atomic E-state index is 5.97. The van der Waals surface area contributed by atoms with Crippen LogP contribution in [0.4, 0.5) is 0 Å². The summed E-state index contributed by atoms with van der Waals surface area (Å²) in [5.41, 5.74) is 2.35. The van der Waals surface area contributed by atoms with Crippen LogP contribution < -0.4 is 5.32 Å². The second-order valence-electron chi connectivity index (χ2n) is 3.78. The zero-order valence-corrected chi connectivity index (χ0v) is 10.0. The summed E-state index contributed by atoms with van der Waals surface area (Å²) in [6, 6.07) is 5.90. The predicted molar refractivity (Wildman–Crippen MR) is 66.2 cm³/mol. The number of aliphatic imine (C=N–C) groups is 1. The Morgan fingerprint density at radius 1 is 1.44 bits per heavy atom. The molecule has 1 N–H and O–H groups in total. The first-order chi connectivity index (χ1) is 7.79. The summed E-state index contributed by atoms with van der Waals surface area (Å²) in [6.45, 7) is 2.41. The molecule has 1 aromatic carbocycles. The van der Waals surface area contributed by atoms with Gasteiger partial charge in [0.2, 0.25) is 0 Å². The summed E-state index contributed by atoms with van der Waals surface area (Å²) in [4.78, 5) is 4.39. The van der Waals surface area contributed by atoms with Crippen molar-refractivity contribution in [2.75, 3.05) is 20.2 Å². The van der Waals surface area contributed by atoms with Crippen molar-refractivity contribution in [3.63, 3.8) is 0 Å². The molecular formula is C12H15ClN2O. The average molecular weight is 239 g/mol. The van der Waals surface area contributed by atoms with Crippen molar-refractivity contribution in [2.45, 2.75) is 13.0 Å². The highest BCUT2D eigenvalue weighted by atomic mass is 35.5. The zero-order valence-electron chi connectivity index (χ0n) is 9.29. The Bertz CT molecular complexity index is 404.